The minimum Gasteiger partial charge on any atom is -0.465 e. The molecule has 136 valence electrons. The van der Waals surface area contributed by atoms with Gasteiger partial charge < -0.3 is 20.4 Å². The zero-order chi connectivity index (χ0) is 18.8. The fourth-order valence-electron chi connectivity index (χ4n) is 3.18. The molecule has 1 amide bonds. The molecule has 1 atom stereocenters. The third-order valence-corrected chi connectivity index (χ3v) is 4.48. The Labute approximate surface area is 154 Å². The summed E-state index contributed by atoms with van der Waals surface area (Å²) in [5.41, 5.74) is 3.45. The number of imidazole rings is 1. The molecule has 7 heteroatoms. The van der Waals surface area contributed by atoms with Crippen LogP contribution in [0.4, 0.5) is 9.18 Å². The number of nitrogens with zero attached hydrogens (tertiary/aromatic N) is 1. The molecule has 4 rings (SSSR count). The van der Waals surface area contributed by atoms with Crippen LogP contribution in [0.3, 0.4) is 0 Å². The van der Waals surface area contributed by atoms with E-state index in [1.807, 2.05) is 30.5 Å². The molecule has 0 fully saturated rings. The maximum atomic E-state index is 13.1. The standard InChI is InChI=1S/C20H17FN4O2/c21-14-7-5-12(6-8-14)18-11-23-19(24-18)17(25-20(26)27)9-13-10-22-16-4-2-1-3-15(13)16/h1-8,10-11,17,22,25H,9H2,(H,23,24)(H,26,27)/t17-/m1/s1. The fourth-order valence-corrected chi connectivity index (χ4v) is 3.18. The first kappa shape index (κ1) is 16.8. The van der Waals surface area contributed by atoms with Crippen LogP contribution in [0.1, 0.15) is 17.4 Å². The van der Waals surface area contributed by atoms with Crippen molar-refractivity contribution in [3.8, 4) is 11.3 Å². The summed E-state index contributed by atoms with van der Waals surface area (Å²) in [6, 6.07) is 13.3. The van der Waals surface area contributed by atoms with Crippen molar-refractivity contribution in [3.05, 3.63) is 78.1 Å². The van der Waals surface area contributed by atoms with E-state index in [0.29, 0.717) is 17.9 Å². The van der Waals surface area contributed by atoms with Gasteiger partial charge in [-0.1, -0.05) is 18.2 Å². The van der Waals surface area contributed by atoms with Crippen LogP contribution in [0, 0.1) is 5.82 Å². The molecule has 0 unspecified atom stereocenters. The molecule has 2 aromatic heterocycles. The molecule has 4 aromatic rings. The van der Waals surface area contributed by atoms with E-state index in [2.05, 4.69) is 20.3 Å². The molecule has 0 aliphatic carbocycles. The molecule has 0 spiro atoms. The molecule has 0 radical (unpaired) electrons. The van der Waals surface area contributed by atoms with Crippen LogP contribution in [0.2, 0.25) is 0 Å². The Morgan fingerprint density at radius 1 is 1.19 bits per heavy atom. The Balaban J connectivity index is 1.64. The highest BCUT2D eigenvalue weighted by Crippen LogP contribution is 2.25. The summed E-state index contributed by atoms with van der Waals surface area (Å²) < 4.78 is 13.1. The van der Waals surface area contributed by atoms with Crippen molar-refractivity contribution in [1.82, 2.24) is 20.3 Å². The number of carboxylic acid groups (broad SMARTS) is 1. The Hall–Kier alpha value is -3.61. The van der Waals surface area contributed by atoms with Crippen molar-refractivity contribution in [2.45, 2.75) is 12.5 Å². The van der Waals surface area contributed by atoms with Crippen LogP contribution in [-0.4, -0.2) is 26.2 Å². The van der Waals surface area contributed by atoms with E-state index >= 15 is 0 Å². The first-order valence-corrected chi connectivity index (χ1v) is 8.45. The van der Waals surface area contributed by atoms with E-state index in [1.165, 1.54) is 12.1 Å². The number of halogens is 1. The number of amides is 1. The largest absolute Gasteiger partial charge is 0.465 e. The van der Waals surface area contributed by atoms with Crippen molar-refractivity contribution >= 4 is 17.0 Å². The Morgan fingerprint density at radius 2 is 1.96 bits per heavy atom. The fraction of sp³-hybridized carbons (Fsp3) is 0.100. The summed E-state index contributed by atoms with van der Waals surface area (Å²) in [7, 11) is 0. The highest BCUT2D eigenvalue weighted by atomic mass is 19.1. The monoisotopic (exact) mass is 364 g/mol. The highest BCUT2D eigenvalue weighted by Gasteiger charge is 2.20. The Kier molecular flexibility index (Phi) is 4.33. The van der Waals surface area contributed by atoms with Crippen LogP contribution < -0.4 is 5.32 Å². The van der Waals surface area contributed by atoms with E-state index in [9.17, 15) is 14.3 Å². The van der Waals surface area contributed by atoms with Gasteiger partial charge in [0, 0.05) is 23.5 Å². The van der Waals surface area contributed by atoms with Gasteiger partial charge in [0.1, 0.15) is 11.6 Å². The topological polar surface area (TPSA) is 93.8 Å². The third kappa shape index (κ3) is 3.52. The number of hydrogen-bond acceptors (Lipinski definition) is 2. The predicted molar refractivity (Wildman–Crippen MR) is 99.9 cm³/mol. The molecule has 0 aliphatic heterocycles. The molecule has 2 heterocycles. The summed E-state index contributed by atoms with van der Waals surface area (Å²) >= 11 is 0. The smallest absolute Gasteiger partial charge is 0.405 e. The van der Waals surface area contributed by atoms with Gasteiger partial charge in [-0.2, -0.15) is 0 Å². The highest BCUT2D eigenvalue weighted by molar-refractivity contribution is 5.83. The second-order valence-electron chi connectivity index (χ2n) is 6.25. The quantitative estimate of drug-likeness (QED) is 0.426. The lowest BCUT2D eigenvalue weighted by molar-refractivity contribution is 0.189. The van der Waals surface area contributed by atoms with Crippen LogP contribution in [-0.2, 0) is 6.42 Å². The third-order valence-electron chi connectivity index (χ3n) is 4.48. The predicted octanol–water partition coefficient (Wildman–Crippen LogP) is 4.25. The van der Waals surface area contributed by atoms with Gasteiger partial charge in [-0.05, 0) is 41.5 Å². The zero-order valence-corrected chi connectivity index (χ0v) is 14.2. The second-order valence-corrected chi connectivity index (χ2v) is 6.25. The van der Waals surface area contributed by atoms with Crippen LogP contribution in [0.25, 0.3) is 22.2 Å². The zero-order valence-electron chi connectivity index (χ0n) is 14.2. The van der Waals surface area contributed by atoms with Crippen LogP contribution in [0.15, 0.2) is 60.9 Å². The van der Waals surface area contributed by atoms with Gasteiger partial charge in [-0.15, -0.1) is 0 Å². The molecular weight excluding hydrogens is 347 g/mol. The van der Waals surface area contributed by atoms with Gasteiger partial charge in [0.15, 0.2) is 0 Å². The summed E-state index contributed by atoms with van der Waals surface area (Å²) in [6.45, 7) is 0. The SMILES string of the molecule is O=C(O)N[C@H](Cc1c[nH]c2ccccc12)c1ncc(-c2ccc(F)cc2)[nH]1. The minimum atomic E-state index is -1.13. The first-order valence-electron chi connectivity index (χ1n) is 8.45. The van der Waals surface area contributed by atoms with Gasteiger partial charge >= 0.3 is 6.09 Å². The minimum absolute atomic E-state index is 0.316. The number of benzene rings is 2. The van der Waals surface area contributed by atoms with Gasteiger partial charge in [-0.25, -0.2) is 14.2 Å². The number of nitrogens with one attached hydrogen (secondary N) is 3. The molecule has 0 bridgehead atoms. The van der Waals surface area contributed by atoms with Crippen LogP contribution in [0.5, 0.6) is 0 Å². The van der Waals surface area contributed by atoms with E-state index in [4.69, 9.17) is 0 Å². The van der Waals surface area contributed by atoms with E-state index in [-0.39, 0.29) is 5.82 Å². The lowest BCUT2D eigenvalue weighted by Gasteiger charge is -2.14. The van der Waals surface area contributed by atoms with Gasteiger partial charge in [0.25, 0.3) is 0 Å². The lowest BCUT2D eigenvalue weighted by atomic mass is 10.0. The molecule has 27 heavy (non-hydrogen) atoms. The normalized spacial score (nSPS) is 12.2. The average molecular weight is 364 g/mol. The number of carbonyl (C=O) groups is 1. The first-order chi connectivity index (χ1) is 13.1. The van der Waals surface area contributed by atoms with Gasteiger partial charge in [-0.3, -0.25) is 0 Å². The molecule has 2 aromatic carbocycles. The number of aromatic nitrogens is 3. The molecule has 0 saturated carbocycles. The van der Waals surface area contributed by atoms with E-state index < -0.39 is 12.1 Å². The number of H-pyrrole nitrogens is 2. The molecule has 6 nitrogen and oxygen atoms in total. The van der Waals surface area contributed by atoms with Crippen molar-refractivity contribution in [2.75, 3.05) is 0 Å². The average Bonchev–Trinajstić information content (AvgIpc) is 3.29. The van der Waals surface area contributed by atoms with E-state index in [1.54, 1.807) is 18.3 Å². The van der Waals surface area contributed by atoms with E-state index in [0.717, 1.165) is 22.0 Å². The van der Waals surface area contributed by atoms with Crippen LogP contribution >= 0.6 is 0 Å². The number of para-hydroxylation sites is 1. The number of aromatic amines is 2. The number of fused-ring (bicyclic) bond motifs is 1. The summed E-state index contributed by atoms with van der Waals surface area (Å²) in [5.74, 6) is 0.185. The summed E-state index contributed by atoms with van der Waals surface area (Å²) in [6.07, 6.45) is 2.81. The summed E-state index contributed by atoms with van der Waals surface area (Å²) in [5, 5.41) is 12.8. The van der Waals surface area contributed by atoms with Gasteiger partial charge in [0.05, 0.1) is 17.9 Å². The molecule has 4 N–H and O–H groups in total. The van der Waals surface area contributed by atoms with Crippen molar-refractivity contribution in [2.24, 2.45) is 0 Å². The lowest BCUT2D eigenvalue weighted by Crippen LogP contribution is -2.29. The van der Waals surface area contributed by atoms with Crippen molar-refractivity contribution < 1.29 is 14.3 Å². The second kappa shape index (κ2) is 6.95. The maximum Gasteiger partial charge on any atom is 0.405 e. The van der Waals surface area contributed by atoms with Crippen molar-refractivity contribution in [1.29, 1.82) is 0 Å². The Bertz CT molecular complexity index is 1080. The van der Waals surface area contributed by atoms with Gasteiger partial charge in [0.2, 0.25) is 0 Å². The molecule has 0 aliphatic rings. The molecule has 0 saturated heterocycles. The number of rotatable bonds is 5. The maximum absolute atomic E-state index is 13.1. The Morgan fingerprint density at radius 3 is 2.74 bits per heavy atom. The number of hydrogen-bond donors (Lipinski definition) is 4. The summed E-state index contributed by atoms with van der Waals surface area (Å²) in [4.78, 5) is 22.0. The molecular formula is C20H17FN4O2. The van der Waals surface area contributed by atoms with Crippen molar-refractivity contribution in [3.63, 3.8) is 0 Å².